The van der Waals surface area contributed by atoms with Gasteiger partial charge in [0.2, 0.25) is 0 Å². The maximum absolute atomic E-state index is 12.2. The van der Waals surface area contributed by atoms with Crippen molar-refractivity contribution in [3.05, 3.63) is 88.5 Å². The SMILES string of the molecule is Cc1cc(C#CCNC(=O)OCC2c3ccccc3-c3ccccc32)cc(C)c1N. The first-order valence-corrected chi connectivity index (χ1v) is 9.99. The minimum atomic E-state index is -0.462. The van der Waals surface area contributed by atoms with E-state index in [1.165, 1.54) is 22.3 Å². The Kier molecular flexibility index (Phi) is 5.45. The molecule has 4 nitrogen and oxygen atoms in total. The standard InChI is InChI=1S/C26H24N2O2/c1-17-14-19(15-18(2)25(17)27)8-7-13-28-26(29)30-16-24-22-11-5-3-9-20(22)21-10-4-6-12-23(21)24/h3-6,9-12,14-15,24H,13,16,27H2,1-2H3,(H,28,29). The molecule has 0 fully saturated rings. The molecule has 1 aliphatic rings. The lowest BCUT2D eigenvalue weighted by molar-refractivity contribution is 0.144. The highest BCUT2D eigenvalue weighted by Gasteiger charge is 2.28. The second-order valence-corrected chi connectivity index (χ2v) is 7.50. The molecule has 0 bridgehead atoms. The van der Waals surface area contributed by atoms with Gasteiger partial charge in [0.25, 0.3) is 0 Å². The molecule has 4 heteroatoms. The van der Waals surface area contributed by atoms with Crippen LogP contribution in [0, 0.1) is 25.7 Å². The van der Waals surface area contributed by atoms with Crippen LogP contribution in [-0.2, 0) is 4.74 Å². The molecular formula is C26H24N2O2. The fourth-order valence-corrected chi connectivity index (χ4v) is 3.96. The van der Waals surface area contributed by atoms with Crippen molar-refractivity contribution in [2.45, 2.75) is 19.8 Å². The number of carbonyl (C=O) groups excluding carboxylic acids is 1. The summed E-state index contributed by atoms with van der Waals surface area (Å²) in [4.78, 5) is 12.2. The molecule has 0 aromatic heterocycles. The lowest BCUT2D eigenvalue weighted by Crippen LogP contribution is -2.26. The molecule has 0 spiro atoms. The van der Waals surface area contributed by atoms with Gasteiger partial charge in [0.1, 0.15) is 6.61 Å². The maximum Gasteiger partial charge on any atom is 0.407 e. The van der Waals surface area contributed by atoms with Gasteiger partial charge in [-0.1, -0.05) is 60.4 Å². The fourth-order valence-electron chi connectivity index (χ4n) is 3.96. The van der Waals surface area contributed by atoms with Crippen LogP contribution in [0.5, 0.6) is 0 Å². The van der Waals surface area contributed by atoms with Crippen LogP contribution >= 0.6 is 0 Å². The summed E-state index contributed by atoms with van der Waals surface area (Å²) in [5, 5.41) is 2.71. The Labute approximate surface area is 177 Å². The average Bonchev–Trinajstić information content (AvgIpc) is 3.07. The van der Waals surface area contributed by atoms with Crippen molar-refractivity contribution in [2.75, 3.05) is 18.9 Å². The highest BCUT2D eigenvalue weighted by Crippen LogP contribution is 2.44. The van der Waals surface area contributed by atoms with Crippen LogP contribution in [0.1, 0.15) is 33.7 Å². The van der Waals surface area contributed by atoms with E-state index >= 15 is 0 Å². The van der Waals surface area contributed by atoms with E-state index in [9.17, 15) is 4.79 Å². The zero-order valence-corrected chi connectivity index (χ0v) is 17.2. The molecular weight excluding hydrogens is 372 g/mol. The molecule has 3 aromatic rings. The van der Waals surface area contributed by atoms with E-state index in [4.69, 9.17) is 10.5 Å². The van der Waals surface area contributed by atoms with Crippen LogP contribution in [-0.4, -0.2) is 19.2 Å². The predicted octanol–water partition coefficient (Wildman–Crippen LogP) is 4.78. The van der Waals surface area contributed by atoms with E-state index in [1.807, 2.05) is 50.2 Å². The van der Waals surface area contributed by atoms with Gasteiger partial charge >= 0.3 is 6.09 Å². The minimum Gasteiger partial charge on any atom is -0.449 e. The van der Waals surface area contributed by atoms with Gasteiger partial charge in [0, 0.05) is 17.2 Å². The normalized spacial score (nSPS) is 11.8. The van der Waals surface area contributed by atoms with E-state index in [0.29, 0.717) is 6.61 Å². The average molecular weight is 396 g/mol. The monoisotopic (exact) mass is 396 g/mol. The zero-order chi connectivity index (χ0) is 21.1. The van der Waals surface area contributed by atoms with Gasteiger partial charge in [-0.3, -0.25) is 0 Å². The van der Waals surface area contributed by atoms with Crippen LogP contribution in [0.3, 0.4) is 0 Å². The second kappa shape index (κ2) is 8.34. The number of nitrogen functional groups attached to an aromatic ring is 1. The number of nitrogens with two attached hydrogens (primary N) is 1. The number of hydrogen-bond donors (Lipinski definition) is 2. The number of nitrogens with one attached hydrogen (secondary N) is 1. The van der Waals surface area contributed by atoms with E-state index in [0.717, 1.165) is 22.4 Å². The van der Waals surface area contributed by atoms with Gasteiger partial charge in [-0.25, -0.2) is 4.79 Å². The Balaban J connectivity index is 1.35. The Morgan fingerprint density at radius 1 is 1.00 bits per heavy atom. The summed E-state index contributed by atoms with van der Waals surface area (Å²) in [7, 11) is 0. The van der Waals surface area contributed by atoms with Crippen LogP contribution in [0.4, 0.5) is 10.5 Å². The number of anilines is 1. The number of amides is 1. The maximum atomic E-state index is 12.2. The van der Waals surface area contributed by atoms with Crippen molar-refractivity contribution in [1.82, 2.24) is 5.32 Å². The number of rotatable bonds is 3. The molecule has 0 saturated heterocycles. The third kappa shape index (κ3) is 3.88. The number of aryl methyl sites for hydroxylation is 2. The van der Waals surface area contributed by atoms with Crippen LogP contribution in [0.25, 0.3) is 11.1 Å². The Morgan fingerprint density at radius 3 is 2.17 bits per heavy atom. The smallest absolute Gasteiger partial charge is 0.407 e. The van der Waals surface area contributed by atoms with Crippen molar-refractivity contribution in [1.29, 1.82) is 0 Å². The third-order valence-electron chi connectivity index (χ3n) is 5.49. The quantitative estimate of drug-likeness (QED) is 0.495. The van der Waals surface area contributed by atoms with Crippen LogP contribution < -0.4 is 11.1 Å². The molecule has 0 aliphatic heterocycles. The number of alkyl carbamates (subject to hydrolysis) is 1. The number of carbonyl (C=O) groups is 1. The number of hydrogen-bond acceptors (Lipinski definition) is 3. The van der Waals surface area contributed by atoms with Crippen molar-refractivity contribution >= 4 is 11.8 Å². The van der Waals surface area contributed by atoms with Crippen molar-refractivity contribution < 1.29 is 9.53 Å². The summed E-state index contributed by atoms with van der Waals surface area (Å²) >= 11 is 0. The largest absolute Gasteiger partial charge is 0.449 e. The first-order valence-electron chi connectivity index (χ1n) is 9.99. The number of benzene rings is 3. The fraction of sp³-hybridized carbons (Fsp3) is 0.192. The summed E-state index contributed by atoms with van der Waals surface area (Å²) in [6.45, 7) is 4.44. The molecule has 3 aromatic carbocycles. The summed E-state index contributed by atoms with van der Waals surface area (Å²) in [6.07, 6.45) is -0.462. The van der Waals surface area contributed by atoms with Gasteiger partial charge in [-0.15, -0.1) is 0 Å². The molecule has 150 valence electrons. The molecule has 1 aliphatic carbocycles. The molecule has 4 rings (SSSR count). The highest BCUT2D eigenvalue weighted by atomic mass is 16.5. The molecule has 0 saturated carbocycles. The van der Waals surface area contributed by atoms with E-state index in [-0.39, 0.29) is 12.5 Å². The third-order valence-corrected chi connectivity index (χ3v) is 5.49. The Hall–Kier alpha value is -3.71. The summed E-state index contributed by atoms with van der Waals surface area (Å²) in [5.41, 5.74) is 14.5. The van der Waals surface area contributed by atoms with Gasteiger partial charge in [-0.2, -0.15) is 0 Å². The van der Waals surface area contributed by atoms with Gasteiger partial charge in [0.15, 0.2) is 0 Å². The lowest BCUT2D eigenvalue weighted by atomic mass is 9.98. The Bertz CT molecular complexity index is 1100. The zero-order valence-electron chi connectivity index (χ0n) is 17.2. The molecule has 0 heterocycles. The van der Waals surface area contributed by atoms with Gasteiger partial charge < -0.3 is 15.8 Å². The molecule has 30 heavy (non-hydrogen) atoms. The van der Waals surface area contributed by atoms with Crippen LogP contribution in [0.2, 0.25) is 0 Å². The van der Waals surface area contributed by atoms with Crippen molar-refractivity contribution in [3.8, 4) is 23.0 Å². The second-order valence-electron chi connectivity index (χ2n) is 7.50. The lowest BCUT2D eigenvalue weighted by Gasteiger charge is -2.14. The van der Waals surface area contributed by atoms with E-state index < -0.39 is 6.09 Å². The number of ether oxygens (including phenoxy) is 1. The van der Waals surface area contributed by atoms with E-state index in [2.05, 4.69) is 41.4 Å². The minimum absolute atomic E-state index is 0.0509. The van der Waals surface area contributed by atoms with Crippen molar-refractivity contribution in [2.24, 2.45) is 0 Å². The summed E-state index contributed by atoms with van der Waals surface area (Å²) < 4.78 is 5.51. The highest BCUT2D eigenvalue weighted by molar-refractivity contribution is 5.79. The molecule has 0 atom stereocenters. The van der Waals surface area contributed by atoms with E-state index in [1.54, 1.807) is 0 Å². The topological polar surface area (TPSA) is 64.3 Å². The molecule has 0 unspecified atom stereocenters. The first kappa shape index (κ1) is 19.6. The first-order chi connectivity index (χ1) is 14.5. The van der Waals surface area contributed by atoms with Crippen LogP contribution in [0.15, 0.2) is 60.7 Å². The number of fused-ring (bicyclic) bond motifs is 3. The van der Waals surface area contributed by atoms with Gasteiger partial charge in [0.05, 0.1) is 6.54 Å². The van der Waals surface area contributed by atoms with Crippen molar-refractivity contribution in [3.63, 3.8) is 0 Å². The molecule has 3 N–H and O–H groups in total. The van der Waals surface area contributed by atoms with Gasteiger partial charge in [-0.05, 0) is 59.4 Å². The molecule has 0 radical (unpaired) electrons. The predicted molar refractivity (Wildman–Crippen MR) is 120 cm³/mol. The summed E-state index contributed by atoms with van der Waals surface area (Å²) in [5.74, 6) is 6.07. The molecule has 1 amide bonds. The summed E-state index contributed by atoms with van der Waals surface area (Å²) in [6, 6.07) is 20.4. The Morgan fingerprint density at radius 2 is 1.57 bits per heavy atom.